The van der Waals surface area contributed by atoms with E-state index in [-0.39, 0.29) is 11.7 Å². The molecule has 0 bridgehead atoms. The van der Waals surface area contributed by atoms with Crippen molar-refractivity contribution in [3.63, 3.8) is 0 Å². The lowest BCUT2D eigenvalue weighted by molar-refractivity contribution is 0.0968. The van der Waals surface area contributed by atoms with Gasteiger partial charge in [-0.05, 0) is 55.6 Å². The van der Waals surface area contributed by atoms with Gasteiger partial charge in [-0.25, -0.2) is 4.39 Å². The summed E-state index contributed by atoms with van der Waals surface area (Å²) in [5.74, 6) is 0.211. The van der Waals surface area contributed by atoms with Gasteiger partial charge in [0.15, 0.2) is 0 Å². The number of piperidine rings is 1. The molecule has 1 aliphatic heterocycles. The Hall–Kier alpha value is -1.46. The third kappa shape index (κ3) is 4.02. The van der Waals surface area contributed by atoms with Crippen LogP contribution in [-0.4, -0.2) is 37.5 Å². The minimum atomic E-state index is -0.332. The average molecular weight is 279 g/mol. The summed E-state index contributed by atoms with van der Waals surface area (Å²) in [6, 6.07) is 4.62. The van der Waals surface area contributed by atoms with Crippen LogP contribution in [0.15, 0.2) is 18.2 Å². The van der Waals surface area contributed by atoms with E-state index in [0.717, 1.165) is 38.1 Å². The van der Waals surface area contributed by atoms with Crippen molar-refractivity contribution >= 4 is 5.84 Å². The number of nitrogens with one attached hydrogen (secondary N) is 1. The van der Waals surface area contributed by atoms with Crippen molar-refractivity contribution in [1.29, 1.82) is 5.41 Å². The number of methoxy groups -OCH3 is 1. The average Bonchev–Trinajstić information content (AvgIpc) is 2.40. The summed E-state index contributed by atoms with van der Waals surface area (Å²) in [5, 5.41) is 7.40. The molecule has 0 atom stereocenters. The van der Waals surface area contributed by atoms with E-state index in [2.05, 4.69) is 4.90 Å². The fourth-order valence-electron chi connectivity index (χ4n) is 2.70. The van der Waals surface area contributed by atoms with Crippen LogP contribution in [0.5, 0.6) is 0 Å². The van der Waals surface area contributed by atoms with Crippen LogP contribution in [0.2, 0.25) is 0 Å². The summed E-state index contributed by atoms with van der Waals surface area (Å²) in [4.78, 5) is 2.31. The zero-order chi connectivity index (χ0) is 14.5. The van der Waals surface area contributed by atoms with Gasteiger partial charge in [0.2, 0.25) is 0 Å². The van der Waals surface area contributed by atoms with Gasteiger partial charge in [0, 0.05) is 25.8 Å². The molecule has 0 amide bonds. The van der Waals surface area contributed by atoms with E-state index in [4.69, 9.17) is 15.9 Å². The predicted octanol–water partition coefficient (Wildman–Crippen LogP) is 1.97. The van der Waals surface area contributed by atoms with E-state index >= 15 is 0 Å². The van der Waals surface area contributed by atoms with Crippen molar-refractivity contribution in [2.75, 3.05) is 26.8 Å². The van der Waals surface area contributed by atoms with Crippen LogP contribution in [-0.2, 0) is 11.3 Å². The maximum Gasteiger partial charge on any atom is 0.124 e. The number of hydrogen-bond acceptors (Lipinski definition) is 3. The second-order valence-corrected chi connectivity index (χ2v) is 5.44. The first-order valence-electron chi connectivity index (χ1n) is 6.93. The lowest BCUT2D eigenvalue weighted by Gasteiger charge is -2.31. The highest BCUT2D eigenvalue weighted by molar-refractivity contribution is 5.95. The third-order valence-electron chi connectivity index (χ3n) is 3.78. The molecule has 1 fully saturated rings. The molecule has 1 aromatic carbocycles. The van der Waals surface area contributed by atoms with Crippen molar-refractivity contribution in [2.45, 2.75) is 19.4 Å². The highest BCUT2D eigenvalue weighted by Gasteiger charge is 2.19. The molecule has 2 rings (SSSR count). The maximum atomic E-state index is 13.5. The Morgan fingerprint density at radius 2 is 2.10 bits per heavy atom. The molecular formula is C15H22FN3O. The Morgan fingerprint density at radius 1 is 1.40 bits per heavy atom. The normalized spacial score (nSPS) is 17.3. The van der Waals surface area contributed by atoms with E-state index in [1.165, 1.54) is 12.1 Å². The molecule has 3 N–H and O–H groups in total. The van der Waals surface area contributed by atoms with Crippen LogP contribution >= 0.6 is 0 Å². The van der Waals surface area contributed by atoms with Gasteiger partial charge in [-0.3, -0.25) is 10.3 Å². The summed E-state index contributed by atoms with van der Waals surface area (Å²) in [6.07, 6.45) is 2.23. The molecule has 0 radical (unpaired) electrons. The van der Waals surface area contributed by atoms with Crippen molar-refractivity contribution in [2.24, 2.45) is 11.7 Å². The number of rotatable bonds is 5. The Morgan fingerprint density at radius 3 is 2.70 bits per heavy atom. The molecule has 0 aromatic heterocycles. The minimum absolute atomic E-state index is 0.0930. The molecular weight excluding hydrogens is 257 g/mol. The predicted molar refractivity (Wildman–Crippen MR) is 77.3 cm³/mol. The fraction of sp³-hybridized carbons (Fsp3) is 0.533. The topological polar surface area (TPSA) is 62.3 Å². The van der Waals surface area contributed by atoms with Gasteiger partial charge in [-0.15, -0.1) is 0 Å². The monoisotopic (exact) mass is 279 g/mol. The van der Waals surface area contributed by atoms with Gasteiger partial charge in [0.1, 0.15) is 11.7 Å². The molecule has 1 saturated heterocycles. The quantitative estimate of drug-likeness (QED) is 0.640. The van der Waals surface area contributed by atoms with Gasteiger partial charge in [0.25, 0.3) is 0 Å². The largest absolute Gasteiger partial charge is 0.384 e. The smallest absolute Gasteiger partial charge is 0.124 e. The Bertz CT molecular complexity index is 470. The van der Waals surface area contributed by atoms with Gasteiger partial charge >= 0.3 is 0 Å². The van der Waals surface area contributed by atoms with E-state index in [0.29, 0.717) is 18.0 Å². The standard InChI is InChI=1S/C15H22FN3O/c1-20-10-11-2-4-19(5-3-11)9-12-6-13(15(17)18)8-14(16)7-12/h6-8,11H,2-5,9-10H2,1H3,(H3,17,18). The number of amidine groups is 1. The van der Waals surface area contributed by atoms with Gasteiger partial charge < -0.3 is 10.5 Å². The molecule has 1 aromatic rings. The molecule has 20 heavy (non-hydrogen) atoms. The number of nitrogen functional groups attached to an aromatic ring is 1. The number of nitrogens with zero attached hydrogens (tertiary/aromatic N) is 1. The molecule has 5 heteroatoms. The zero-order valence-electron chi connectivity index (χ0n) is 11.9. The summed E-state index contributed by atoms with van der Waals surface area (Å²) < 4.78 is 18.7. The molecule has 4 nitrogen and oxygen atoms in total. The van der Waals surface area contributed by atoms with Crippen LogP contribution < -0.4 is 5.73 Å². The first kappa shape index (κ1) is 14.9. The summed E-state index contributed by atoms with van der Waals surface area (Å²) in [7, 11) is 1.74. The van der Waals surface area contributed by atoms with Gasteiger partial charge in [-0.2, -0.15) is 0 Å². The van der Waals surface area contributed by atoms with Gasteiger partial charge in [-0.1, -0.05) is 0 Å². The number of benzene rings is 1. The van der Waals surface area contributed by atoms with Crippen LogP contribution in [0.3, 0.4) is 0 Å². The number of halogens is 1. The maximum absolute atomic E-state index is 13.5. The van der Waals surface area contributed by atoms with Crippen LogP contribution in [0.25, 0.3) is 0 Å². The van der Waals surface area contributed by atoms with E-state index < -0.39 is 0 Å². The molecule has 1 heterocycles. The molecule has 1 aliphatic rings. The van der Waals surface area contributed by atoms with Crippen LogP contribution in [0, 0.1) is 17.1 Å². The summed E-state index contributed by atoms with van der Waals surface area (Å²) in [6.45, 7) is 3.53. The van der Waals surface area contributed by atoms with E-state index in [1.54, 1.807) is 13.2 Å². The molecule has 0 aliphatic carbocycles. The number of likely N-dealkylation sites (tertiary alicyclic amines) is 1. The van der Waals surface area contributed by atoms with E-state index in [9.17, 15) is 4.39 Å². The highest BCUT2D eigenvalue weighted by atomic mass is 19.1. The summed E-state index contributed by atoms with van der Waals surface area (Å²) in [5.41, 5.74) is 6.75. The molecule has 0 saturated carbocycles. The number of ether oxygens (including phenoxy) is 1. The second-order valence-electron chi connectivity index (χ2n) is 5.44. The van der Waals surface area contributed by atoms with E-state index in [1.807, 2.05) is 0 Å². The molecule has 0 unspecified atom stereocenters. The molecule has 110 valence electrons. The van der Waals surface area contributed by atoms with Crippen LogP contribution in [0.1, 0.15) is 24.0 Å². The van der Waals surface area contributed by atoms with Crippen molar-refractivity contribution in [3.8, 4) is 0 Å². The SMILES string of the molecule is COCC1CCN(Cc2cc(F)cc(C(=N)N)c2)CC1. The van der Waals surface area contributed by atoms with Gasteiger partial charge in [0.05, 0.1) is 0 Å². The summed E-state index contributed by atoms with van der Waals surface area (Å²) >= 11 is 0. The lowest BCUT2D eigenvalue weighted by Crippen LogP contribution is -2.34. The van der Waals surface area contributed by atoms with Crippen molar-refractivity contribution in [3.05, 3.63) is 35.1 Å². The Balaban J connectivity index is 1.96. The highest BCUT2D eigenvalue weighted by Crippen LogP contribution is 2.20. The third-order valence-corrected chi connectivity index (χ3v) is 3.78. The molecule has 0 spiro atoms. The number of hydrogen-bond donors (Lipinski definition) is 2. The lowest BCUT2D eigenvalue weighted by atomic mass is 9.97. The second kappa shape index (κ2) is 6.81. The first-order chi connectivity index (χ1) is 9.58. The fourth-order valence-corrected chi connectivity index (χ4v) is 2.70. The zero-order valence-corrected chi connectivity index (χ0v) is 11.9. The van der Waals surface area contributed by atoms with Crippen LogP contribution in [0.4, 0.5) is 4.39 Å². The minimum Gasteiger partial charge on any atom is -0.384 e. The Labute approximate surface area is 119 Å². The van der Waals surface area contributed by atoms with Crippen molar-refractivity contribution in [1.82, 2.24) is 4.90 Å². The number of nitrogens with two attached hydrogens (primary N) is 1. The first-order valence-corrected chi connectivity index (χ1v) is 6.93. The Kier molecular flexibility index (Phi) is 5.09. The van der Waals surface area contributed by atoms with Crippen molar-refractivity contribution < 1.29 is 9.13 Å².